The molecule has 0 bridgehead atoms. The summed E-state index contributed by atoms with van der Waals surface area (Å²) in [5.41, 5.74) is 1.63. The lowest BCUT2D eigenvalue weighted by Crippen LogP contribution is -2.21. The third-order valence-corrected chi connectivity index (χ3v) is 2.63. The Labute approximate surface area is 115 Å². The topological polar surface area (TPSA) is 86.1 Å². The largest absolute Gasteiger partial charge is 0.465 e. The summed E-state index contributed by atoms with van der Waals surface area (Å²) >= 11 is 0. The second-order valence-corrected chi connectivity index (χ2v) is 4.19. The number of nitrogens with one attached hydrogen (secondary N) is 1. The quantitative estimate of drug-likeness (QED) is 0.841. The maximum Gasteiger partial charge on any atom is 0.339 e. The van der Waals surface area contributed by atoms with Crippen LogP contribution in [0.3, 0.4) is 0 Å². The van der Waals surface area contributed by atoms with Crippen molar-refractivity contribution in [2.24, 2.45) is 0 Å². The Morgan fingerprint density at radius 3 is 2.85 bits per heavy atom. The first-order chi connectivity index (χ1) is 9.60. The highest BCUT2D eigenvalue weighted by atomic mass is 16.5. The number of nitrogens with zero attached hydrogens (tertiary/aromatic N) is 3. The zero-order chi connectivity index (χ0) is 14.5. The van der Waals surface area contributed by atoms with Crippen LogP contribution in [0.15, 0.2) is 30.6 Å². The summed E-state index contributed by atoms with van der Waals surface area (Å²) in [6.07, 6.45) is 3.06. The van der Waals surface area contributed by atoms with E-state index in [-0.39, 0.29) is 12.5 Å². The lowest BCUT2D eigenvalue weighted by Gasteiger charge is -2.10. The first-order valence-electron chi connectivity index (χ1n) is 5.93. The molecule has 0 aliphatic heterocycles. The van der Waals surface area contributed by atoms with Gasteiger partial charge in [-0.25, -0.2) is 9.48 Å². The molecule has 0 radical (unpaired) electrons. The standard InChI is InChI=1S/C13H14N4O3/c1-9-3-4-11(10(7-9)13(19)20-2)15-12(18)8-17-6-5-14-16-17/h3-7H,8H2,1-2H3,(H,15,18). The van der Waals surface area contributed by atoms with E-state index in [1.54, 1.807) is 24.4 Å². The van der Waals surface area contributed by atoms with Crippen molar-refractivity contribution in [1.82, 2.24) is 15.0 Å². The normalized spacial score (nSPS) is 10.1. The molecule has 1 aromatic heterocycles. The molecule has 1 aromatic carbocycles. The fourth-order valence-corrected chi connectivity index (χ4v) is 1.70. The Morgan fingerprint density at radius 2 is 2.20 bits per heavy atom. The number of aromatic nitrogens is 3. The van der Waals surface area contributed by atoms with Crippen LogP contribution in [0.4, 0.5) is 5.69 Å². The van der Waals surface area contributed by atoms with E-state index >= 15 is 0 Å². The number of esters is 1. The van der Waals surface area contributed by atoms with Crippen molar-refractivity contribution in [3.63, 3.8) is 0 Å². The number of amides is 1. The van der Waals surface area contributed by atoms with Crippen LogP contribution >= 0.6 is 0 Å². The van der Waals surface area contributed by atoms with E-state index in [1.807, 2.05) is 6.92 Å². The molecule has 7 heteroatoms. The molecule has 104 valence electrons. The molecule has 1 N–H and O–H groups in total. The highest BCUT2D eigenvalue weighted by Gasteiger charge is 2.14. The number of ether oxygens (including phenoxy) is 1. The molecule has 0 unspecified atom stereocenters. The van der Waals surface area contributed by atoms with Crippen LogP contribution in [0, 0.1) is 6.92 Å². The Hall–Kier alpha value is -2.70. The number of hydrogen-bond acceptors (Lipinski definition) is 5. The number of methoxy groups -OCH3 is 1. The summed E-state index contributed by atoms with van der Waals surface area (Å²) in [5.74, 6) is -0.797. The van der Waals surface area contributed by atoms with Crippen molar-refractivity contribution in [3.05, 3.63) is 41.7 Å². The average molecular weight is 274 g/mol. The fourth-order valence-electron chi connectivity index (χ4n) is 1.70. The summed E-state index contributed by atoms with van der Waals surface area (Å²) in [6, 6.07) is 5.13. The van der Waals surface area contributed by atoms with E-state index in [4.69, 9.17) is 4.74 Å². The van der Waals surface area contributed by atoms with Gasteiger partial charge in [0.1, 0.15) is 6.54 Å². The molecule has 0 saturated heterocycles. The first-order valence-corrected chi connectivity index (χ1v) is 5.93. The van der Waals surface area contributed by atoms with Crippen molar-refractivity contribution in [3.8, 4) is 0 Å². The number of benzene rings is 1. The molecule has 0 spiro atoms. The van der Waals surface area contributed by atoms with Gasteiger partial charge in [0.25, 0.3) is 0 Å². The Kier molecular flexibility index (Phi) is 4.09. The van der Waals surface area contributed by atoms with E-state index < -0.39 is 5.97 Å². The van der Waals surface area contributed by atoms with Gasteiger partial charge in [-0.15, -0.1) is 5.10 Å². The van der Waals surface area contributed by atoms with Gasteiger partial charge < -0.3 is 10.1 Å². The lowest BCUT2D eigenvalue weighted by atomic mass is 10.1. The highest BCUT2D eigenvalue weighted by Crippen LogP contribution is 2.18. The summed E-state index contributed by atoms with van der Waals surface area (Å²) < 4.78 is 6.09. The molecule has 1 amide bonds. The van der Waals surface area contributed by atoms with Crippen LogP contribution in [0.5, 0.6) is 0 Å². The molecular weight excluding hydrogens is 260 g/mol. The van der Waals surface area contributed by atoms with Crippen molar-refractivity contribution in [2.45, 2.75) is 13.5 Å². The van der Waals surface area contributed by atoms with Crippen molar-refractivity contribution < 1.29 is 14.3 Å². The van der Waals surface area contributed by atoms with Gasteiger partial charge in [-0.1, -0.05) is 16.8 Å². The number of carbonyl (C=O) groups excluding carboxylic acids is 2. The monoisotopic (exact) mass is 274 g/mol. The molecule has 0 aliphatic carbocycles. The van der Waals surface area contributed by atoms with Crippen LogP contribution < -0.4 is 5.32 Å². The Bertz CT molecular complexity index is 623. The maximum absolute atomic E-state index is 11.9. The minimum absolute atomic E-state index is 0.0223. The van der Waals surface area contributed by atoms with Gasteiger partial charge in [-0.2, -0.15) is 0 Å². The van der Waals surface area contributed by atoms with Gasteiger partial charge in [-0.05, 0) is 19.1 Å². The van der Waals surface area contributed by atoms with Crippen LogP contribution in [0.1, 0.15) is 15.9 Å². The van der Waals surface area contributed by atoms with Gasteiger partial charge in [-0.3, -0.25) is 4.79 Å². The molecule has 0 fully saturated rings. The average Bonchev–Trinajstić information content (AvgIpc) is 2.92. The van der Waals surface area contributed by atoms with Gasteiger partial charge >= 0.3 is 5.97 Å². The van der Waals surface area contributed by atoms with E-state index in [0.717, 1.165) is 5.56 Å². The summed E-state index contributed by atoms with van der Waals surface area (Å²) in [4.78, 5) is 23.6. The number of carbonyl (C=O) groups is 2. The molecule has 2 aromatic rings. The summed E-state index contributed by atoms with van der Waals surface area (Å²) in [6.45, 7) is 1.88. The van der Waals surface area contributed by atoms with Gasteiger partial charge in [0.05, 0.1) is 24.6 Å². The predicted octanol–water partition coefficient (Wildman–Crippen LogP) is 1.01. The molecular formula is C13H14N4O3. The Morgan fingerprint density at radius 1 is 1.40 bits per heavy atom. The van der Waals surface area contributed by atoms with Crippen LogP contribution in [-0.2, 0) is 16.1 Å². The van der Waals surface area contributed by atoms with Gasteiger partial charge in [0.15, 0.2) is 0 Å². The minimum atomic E-state index is -0.496. The molecule has 2 rings (SSSR count). The SMILES string of the molecule is COC(=O)c1cc(C)ccc1NC(=O)Cn1ccnn1. The number of hydrogen-bond donors (Lipinski definition) is 1. The highest BCUT2D eigenvalue weighted by molar-refractivity contribution is 6.01. The fraction of sp³-hybridized carbons (Fsp3) is 0.231. The third kappa shape index (κ3) is 3.19. The summed E-state index contributed by atoms with van der Waals surface area (Å²) in [5, 5.41) is 9.97. The van der Waals surface area contributed by atoms with Crippen LogP contribution in [-0.4, -0.2) is 34.0 Å². The van der Waals surface area contributed by atoms with Crippen molar-refractivity contribution in [1.29, 1.82) is 0 Å². The number of rotatable bonds is 4. The predicted molar refractivity (Wildman–Crippen MR) is 71.2 cm³/mol. The van der Waals surface area contributed by atoms with Crippen molar-refractivity contribution >= 4 is 17.6 Å². The zero-order valence-corrected chi connectivity index (χ0v) is 11.2. The third-order valence-electron chi connectivity index (χ3n) is 2.63. The van der Waals surface area contributed by atoms with Crippen molar-refractivity contribution in [2.75, 3.05) is 12.4 Å². The van der Waals surface area contributed by atoms with Gasteiger partial charge in [0, 0.05) is 6.20 Å². The molecule has 20 heavy (non-hydrogen) atoms. The van der Waals surface area contributed by atoms with Gasteiger partial charge in [0.2, 0.25) is 5.91 Å². The second-order valence-electron chi connectivity index (χ2n) is 4.19. The van der Waals surface area contributed by atoms with E-state index in [1.165, 1.54) is 18.0 Å². The minimum Gasteiger partial charge on any atom is -0.465 e. The second kappa shape index (κ2) is 5.96. The van der Waals surface area contributed by atoms with Crippen LogP contribution in [0.2, 0.25) is 0 Å². The number of anilines is 1. The van der Waals surface area contributed by atoms with E-state index in [2.05, 4.69) is 15.6 Å². The summed E-state index contributed by atoms with van der Waals surface area (Å²) in [7, 11) is 1.30. The molecule has 0 saturated carbocycles. The number of aryl methyl sites for hydroxylation is 1. The zero-order valence-electron chi connectivity index (χ0n) is 11.2. The Balaban J connectivity index is 2.16. The van der Waals surface area contributed by atoms with Crippen LogP contribution in [0.25, 0.3) is 0 Å². The maximum atomic E-state index is 11.9. The van der Waals surface area contributed by atoms with E-state index in [9.17, 15) is 9.59 Å². The molecule has 0 aliphatic rings. The molecule has 0 atom stereocenters. The first kappa shape index (κ1) is 13.7. The molecule has 7 nitrogen and oxygen atoms in total. The smallest absolute Gasteiger partial charge is 0.339 e. The van der Waals surface area contributed by atoms with E-state index in [0.29, 0.717) is 11.3 Å². The lowest BCUT2D eigenvalue weighted by molar-refractivity contribution is -0.116. The molecule has 1 heterocycles.